The zero-order chi connectivity index (χ0) is 11.8. The molecule has 1 aromatic heterocycles. The second-order valence-electron chi connectivity index (χ2n) is 4.20. The van der Waals surface area contributed by atoms with E-state index < -0.39 is 0 Å². The van der Waals surface area contributed by atoms with E-state index in [0.717, 1.165) is 19.5 Å². The molecular formula is C13H25N3. The number of nitrogens with zero attached hydrogens (tertiary/aromatic N) is 2. The summed E-state index contributed by atoms with van der Waals surface area (Å²) < 4.78 is 2.28. The minimum absolute atomic E-state index is 0.679. The lowest BCUT2D eigenvalue weighted by Crippen LogP contribution is -2.28. The Morgan fingerprint density at radius 2 is 2.19 bits per heavy atom. The molecule has 0 radical (unpaired) electrons. The number of aryl methyl sites for hydroxylation is 2. The van der Waals surface area contributed by atoms with Gasteiger partial charge in [-0.2, -0.15) is 0 Å². The van der Waals surface area contributed by atoms with Gasteiger partial charge in [0.05, 0.1) is 0 Å². The highest BCUT2D eigenvalue weighted by atomic mass is 15.1. The van der Waals surface area contributed by atoms with E-state index in [1.54, 1.807) is 0 Å². The summed E-state index contributed by atoms with van der Waals surface area (Å²) in [5.41, 5.74) is 0. The maximum atomic E-state index is 4.34. The Morgan fingerprint density at radius 1 is 1.38 bits per heavy atom. The Bertz CT molecular complexity index is 280. The lowest BCUT2D eigenvalue weighted by atomic mass is 10.1. The van der Waals surface area contributed by atoms with Crippen LogP contribution in [0.3, 0.4) is 0 Å². The van der Waals surface area contributed by atoms with Crippen LogP contribution in [-0.2, 0) is 13.0 Å². The highest BCUT2D eigenvalue weighted by molar-refractivity contribution is 4.91. The van der Waals surface area contributed by atoms with Gasteiger partial charge in [-0.3, -0.25) is 0 Å². The van der Waals surface area contributed by atoms with Gasteiger partial charge in [-0.15, -0.1) is 0 Å². The molecule has 0 aromatic carbocycles. The number of aromatic nitrogens is 2. The van der Waals surface area contributed by atoms with Crippen LogP contribution < -0.4 is 5.32 Å². The van der Waals surface area contributed by atoms with Crippen LogP contribution in [0, 0.1) is 0 Å². The summed E-state index contributed by atoms with van der Waals surface area (Å²) in [5.74, 6) is 1.21. The van der Waals surface area contributed by atoms with Crippen LogP contribution in [0.25, 0.3) is 0 Å². The number of rotatable bonds is 8. The molecule has 0 aliphatic heterocycles. The quantitative estimate of drug-likeness (QED) is 0.734. The fraction of sp³-hybridized carbons (Fsp3) is 0.769. The summed E-state index contributed by atoms with van der Waals surface area (Å²) in [5, 5.41) is 3.52. The molecule has 92 valence electrons. The minimum atomic E-state index is 0.679. The zero-order valence-corrected chi connectivity index (χ0v) is 10.9. The van der Waals surface area contributed by atoms with Gasteiger partial charge >= 0.3 is 0 Å². The van der Waals surface area contributed by atoms with Gasteiger partial charge in [-0.05, 0) is 25.8 Å². The molecule has 3 heteroatoms. The second kappa shape index (κ2) is 7.44. The smallest absolute Gasteiger partial charge is 0.108 e. The molecule has 0 aliphatic carbocycles. The molecule has 1 atom stereocenters. The highest BCUT2D eigenvalue weighted by Crippen LogP contribution is 2.06. The van der Waals surface area contributed by atoms with Gasteiger partial charge < -0.3 is 9.88 Å². The van der Waals surface area contributed by atoms with E-state index in [9.17, 15) is 0 Å². The van der Waals surface area contributed by atoms with Crippen LogP contribution in [0.15, 0.2) is 12.4 Å². The number of nitrogens with one attached hydrogen (secondary N) is 1. The summed E-state index contributed by atoms with van der Waals surface area (Å²) in [6.07, 6.45) is 8.73. The molecule has 1 N–H and O–H groups in total. The molecule has 0 amide bonds. The third-order valence-corrected chi connectivity index (χ3v) is 3.06. The van der Waals surface area contributed by atoms with Gasteiger partial charge in [-0.25, -0.2) is 4.98 Å². The average Bonchev–Trinajstić information content (AvgIpc) is 2.75. The molecule has 16 heavy (non-hydrogen) atoms. The van der Waals surface area contributed by atoms with Crippen LogP contribution >= 0.6 is 0 Å². The Kier molecular flexibility index (Phi) is 6.16. The third kappa shape index (κ3) is 3.97. The van der Waals surface area contributed by atoms with Crippen LogP contribution in [0.2, 0.25) is 0 Å². The van der Waals surface area contributed by atoms with Crippen molar-refractivity contribution >= 4 is 0 Å². The molecular weight excluding hydrogens is 198 g/mol. The van der Waals surface area contributed by atoms with Crippen molar-refractivity contribution in [2.75, 3.05) is 6.54 Å². The standard InChI is InChI=1S/C13H25N3/c1-4-12(14-6-3)8-7-10-16-11-9-15-13(16)5-2/h9,11-12,14H,4-8,10H2,1-3H3. The molecule has 0 spiro atoms. The lowest BCUT2D eigenvalue weighted by Gasteiger charge is -2.15. The Hall–Kier alpha value is -0.830. The first kappa shape index (κ1) is 13.2. The zero-order valence-electron chi connectivity index (χ0n) is 10.9. The van der Waals surface area contributed by atoms with Crippen molar-refractivity contribution in [1.82, 2.24) is 14.9 Å². The van der Waals surface area contributed by atoms with Crippen molar-refractivity contribution in [3.63, 3.8) is 0 Å². The van der Waals surface area contributed by atoms with Gasteiger partial charge in [0.2, 0.25) is 0 Å². The number of hydrogen-bond donors (Lipinski definition) is 1. The molecule has 1 unspecified atom stereocenters. The lowest BCUT2D eigenvalue weighted by molar-refractivity contribution is 0.446. The van der Waals surface area contributed by atoms with Gasteiger partial charge in [0.25, 0.3) is 0 Å². The summed E-state index contributed by atoms with van der Waals surface area (Å²) in [7, 11) is 0. The number of hydrogen-bond acceptors (Lipinski definition) is 2. The predicted molar refractivity (Wildman–Crippen MR) is 68.6 cm³/mol. The maximum Gasteiger partial charge on any atom is 0.108 e. The van der Waals surface area contributed by atoms with E-state index in [2.05, 4.69) is 41.8 Å². The topological polar surface area (TPSA) is 29.9 Å². The Balaban J connectivity index is 2.29. The monoisotopic (exact) mass is 223 g/mol. The van der Waals surface area contributed by atoms with E-state index in [1.165, 1.54) is 25.1 Å². The molecule has 1 aromatic rings. The third-order valence-electron chi connectivity index (χ3n) is 3.06. The van der Waals surface area contributed by atoms with Crippen LogP contribution in [-0.4, -0.2) is 22.1 Å². The summed E-state index contributed by atoms with van der Waals surface area (Å²) >= 11 is 0. The normalized spacial score (nSPS) is 12.9. The minimum Gasteiger partial charge on any atom is -0.335 e. The molecule has 1 rings (SSSR count). The van der Waals surface area contributed by atoms with Crippen LogP contribution in [0.5, 0.6) is 0 Å². The summed E-state index contributed by atoms with van der Waals surface area (Å²) in [6, 6.07) is 0.679. The summed E-state index contributed by atoms with van der Waals surface area (Å²) in [6.45, 7) is 8.76. The fourth-order valence-electron chi connectivity index (χ4n) is 2.11. The highest BCUT2D eigenvalue weighted by Gasteiger charge is 2.05. The van der Waals surface area contributed by atoms with E-state index >= 15 is 0 Å². The summed E-state index contributed by atoms with van der Waals surface area (Å²) in [4.78, 5) is 4.34. The van der Waals surface area contributed by atoms with E-state index in [1.807, 2.05) is 6.20 Å². The van der Waals surface area contributed by atoms with Crippen molar-refractivity contribution < 1.29 is 0 Å². The van der Waals surface area contributed by atoms with E-state index in [0.29, 0.717) is 6.04 Å². The molecule has 0 bridgehead atoms. The van der Waals surface area contributed by atoms with Gasteiger partial charge in [0, 0.05) is 31.4 Å². The molecule has 0 aliphatic rings. The maximum absolute atomic E-state index is 4.34. The van der Waals surface area contributed by atoms with Gasteiger partial charge in [0.1, 0.15) is 5.82 Å². The first-order valence-electron chi connectivity index (χ1n) is 6.55. The van der Waals surface area contributed by atoms with Crippen molar-refractivity contribution in [3.05, 3.63) is 18.2 Å². The van der Waals surface area contributed by atoms with E-state index in [-0.39, 0.29) is 0 Å². The van der Waals surface area contributed by atoms with Crippen LogP contribution in [0.1, 0.15) is 45.9 Å². The van der Waals surface area contributed by atoms with Crippen molar-refractivity contribution in [2.45, 2.75) is 59.0 Å². The van der Waals surface area contributed by atoms with Crippen molar-refractivity contribution in [2.24, 2.45) is 0 Å². The largest absolute Gasteiger partial charge is 0.335 e. The first-order chi connectivity index (χ1) is 7.81. The molecule has 1 heterocycles. The average molecular weight is 223 g/mol. The second-order valence-corrected chi connectivity index (χ2v) is 4.20. The van der Waals surface area contributed by atoms with Gasteiger partial charge in [0.15, 0.2) is 0 Å². The first-order valence-corrected chi connectivity index (χ1v) is 6.55. The van der Waals surface area contributed by atoms with Crippen LogP contribution in [0.4, 0.5) is 0 Å². The molecule has 0 fully saturated rings. The SMILES string of the molecule is CCNC(CC)CCCn1ccnc1CC. The molecule has 0 saturated heterocycles. The number of imidazole rings is 1. The van der Waals surface area contributed by atoms with Gasteiger partial charge in [-0.1, -0.05) is 20.8 Å². The van der Waals surface area contributed by atoms with E-state index in [4.69, 9.17) is 0 Å². The van der Waals surface area contributed by atoms with Crippen molar-refractivity contribution in [3.8, 4) is 0 Å². The van der Waals surface area contributed by atoms with Crippen molar-refractivity contribution in [1.29, 1.82) is 0 Å². The predicted octanol–water partition coefficient (Wildman–Crippen LogP) is 2.61. The molecule has 0 saturated carbocycles. The Labute approximate surface area is 99.3 Å². The Morgan fingerprint density at radius 3 is 2.81 bits per heavy atom. The fourth-order valence-corrected chi connectivity index (χ4v) is 2.11. The molecule has 3 nitrogen and oxygen atoms in total.